The molecule has 2 fully saturated rings. The fourth-order valence-corrected chi connectivity index (χ4v) is 13.0. The number of rotatable bonds is 22. The van der Waals surface area contributed by atoms with Crippen LogP contribution in [0.4, 0.5) is 10.0 Å². The highest BCUT2D eigenvalue weighted by molar-refractivity contribution is 7.24. The van der Waals surface area contributed by atoms with Gasteiger partial charge < -0.3 is 51.6 Å². The largest absolute Gasteiger partial charge is 0.490 e. The van der Waals surface area contributed by atoms with E-state index in [4.69, 9.17) is 25.2 Å². The number of amides is 6. The Bertz CT molecular complexity index is 3530. The highest BCUT2D eigenvalue weighted by atomic mass is 32.1. The van der Waals surface area contributed by atoms with Gasteiger partial charge in [0, 0.05) is 47.4 Å². The Balaban J connectivity index is 0.770. The summed E-state index contributed by atoms with van der Waals surface area (Å²) >= 11 is 5.53. The molecule has 0 bridgehead atoms. The van der Waals surface area contributed by atoms with Gasteiger partial charge in [0.05, 0.1) is 12.1 Å². The summed E-state index contributed by atoms with van der Waals surface area (Å²) < 4.78 is 12.1. The molecule has 2 aliphatic heterocycles. The Labute approximate surface area is 494 Å². The molecule has 10 rings (SSSR count). The number of carbonyl (C=O) groups excluding carboxylic acids is 6. The van der Waals surface area contributed by atoms with E-state index in [1.54, 1.807) is 74.9 Å². The first-order valence-corrected chi connectivity index (χ1v) is 30.4. The molecule has 4 aromatic carbocycles. The van der Waals surface area contributed by atoms with Crippen molar-refractivity contribution in [2.45, 2.75) is 75.8 Å². The van der Waals surface area contributed by atoms with Crippen LogP contribution in [0.5, 0.6) is 11.5 Å². The van der Waals surface area contributed by atoms with Gasteiger partial charge in [0.15, 0.2) is 20.0 Å². The van der Waals surface area contributed by atoms with Crippen LogP contribution < -0.4 is 41.8 Å². The van der Waals surface area contributed by atoms with E-state index in [9.17, 15) is 28.8 Å². The number of aromatic nitrogens is 4. The van der Waals surface area contributed by atoms with Crippen LogP contribution >= 0.6 is 45.3 Å². The van der Waals surface area contributed by atoms with Crippen LogP contribution in [0, 0.1) is 0 Å². The second kappa shape index (κ2) is 26.8. The predicted octanol–water partition coefficient (Wildman–Crippen LogP) is 8.17. The van der Waals surface area contributed by atoms with E-state index in [2.05, 4.69) is 36.6 Å². The third-order valence-electron chi connectivity index (χ3n) is 14.1. The maximum Gasteiger partial charge on any atom is 0.250 e. The van der Waals surface area contributed by atoms with E-state index < -0.39 is 59.9 Å². The van der Waals surface area contributed by atoms with Gasteiger partial charge in [-0.05, 0) is 82.0 Å². The summed E-state index contributed by atoms with van der Waals surface area (Å²) in [5.74, 6) is -1.59. The molecular weight excluding hydrogens is 1130 g/mol. The van der Waals surface area contributed by atoms with E-state index in [1.165, 1.54) is 62.1 Å². The second-order valence-electron chi connectivity index (χ2n) is 19.7. The van der Waals surface area contributed by atoms with Gasteiger partial charge in [-0.25, -0.2) is 19.9 Å². The molecule has 6 amide bonds. The lowest BCUT2D eigenvalue weighted by Gasteiger charge is -2.29. The molecule has 8 aromatic rings. The summed E-state index contributed by atoms with van der Waals surface area (Å²) in [5, 5.41) is 22.4. The molecule has 0 radical (unpaired) electrons. The van der Waals surface area contributed by atoms with Crippen molar-refractivity contribution in [1.29, 1.82) is 0 Å². The molecule has 428 valence electrons. The summed E-state index contributed by atoms with van der Waals surface area (Å²) in [6.45, 7) is 4.10. The van der Waals surface area contributed by atoms with Gasteiger partial charge in [-0.3, -0.25) is 28.8 Å². The Morgan fingerprint density at radius 3 is 1.40 bits per heavy atom. The Hall–Kier alpha value is -8.26. The van der Waals surface area contributed by atoms with Crippen LogP contribution in [0.15, 0.2) is 132 Å². The molecular formula is C59H60N12O8S4. The average Bonchev–Trinajstić information content (AvgIpc) is 4.59. The maximum atomic E-state index is 14.6. The van der Waals surface area contributed by atoms with Gasteiger partial charge >= 0.3 is 0 Å². The lowest BCUT2D eigenvalue weighted by Crippen LogP contribution is -2.51. The first kappa shape index (κ1) is 58.0. The van der Waals surface area contributed by atoms with Crippen LogP contribution in [-0.2, 0) is 28.8 Å². The van der Waals surface area contributed by atoms with E-state index in [1.807, 2.05) is 71.4 Å². The Kier molecular flexibility index (Phi) is 18.7. The van der Waals surface area contributed by atoms with E-state index in [0.717, 1.165) is 21.1 Å². The molecule has 4 aromatic heterocycles. The van der Waals surface area contributed by atoms with Crippen molar-refractivity contribution in [1.82, 2.24) is 45.7 Å². The van der Waals surface area contributed by atoms with Gasteiger partial charge in [-0.1, -0.05) is 108 Å². The molecule has 0 unspecified atom stereocenters. The number of likely N-dealkylation sites (tertiary alicyclic amines) is 2. The van der Waals surface area contributed by atoms with Crippen molar-refractivity contribution in [3.63, 3.8) is 0 Å². The number of thiazole rings is 4. The quantitative estimate of drug-likeness (QED) is 0.0350. The minimum absolute atomic E-state index is 0.130. The zero-order valence-corrected chi connectivity index (χ0v) is 48.7. The second-order valence-corrected chi connectivity index (χ2v) is 23.5. The molecule has 0 aliphatic carbocycles. The predicted molar refractivity (Wildman–Crippen MR) is 322 cm³/mol. The number of carbonyl (C=O) groups is 6. The summed E-state index contributed by atoms with van der Waals surface area (Å²) in [5.41, 5.74) is 9.78. The van der Waals surface area contributed by atoms with Crippen LogP contribution in [0.1, 0.15) is 62.7 Å². The molecule has 0 spiro atoms. The van der Waals surface area contributed by atoms with Crippen LogP contribution in [0.3, 0.4) is 0 Å². The van der Waals surface area contributed by atoms with Crippen LogP contribution in [0.2, 0.25) is 0 Å². The van der Waals surface area contributed by atoms with Crippen molar-refractivity contribution >= 4 is 90.8 Å². The minimum atomic E-state index is -1.15. The number of nitrogens with one attached hydrogen (secondary N) is 5. The number of nitrogens with two attached hydrogens (primary N) is 1. The standard InChI is InChI=1S/C59H60N12O8S4/c1-34(60)48(72)64-46(58(76)70-28-10-16-42(70)50(74)68-52-44(36-12-6-4-7-13-36)66-56(82-52)54-62-26-32-80-54)38-18-22-40(23-19-38)78-30-31-79-41-24-20-39(21-25-41)47(65-49(73)35(2)61-3)59(77)71-29-11-17-43(71)51(75)69-53-45(37-14-8-5-9-15-37)67-57(83-53)55-63-27-33-81-55/h4-9,12-15,18-27,32-35,42-43,46-47,61H,10-11,16-17,28-31,60H2,1-3H3,(H,64,72)(H,65,73)(H,68,74)(H,69,75)/t34-,35-,42-,43-,46-,47-/m0/s1. The van der Waals surface area contributed by atoms with Crippen molar-refractivity contribution in [3.05, 3.63) is 143 Å². The SMILES string of the molecule is CN[C@@H](C)C(=O)N[C@H](C(=O)N1CCC[C@H]1C(=O)Nc1sc(-c2nccs2)nc1-c1ccccc1)c1ccc(OCCOc2ccc([C@H](NC(=O)[C@H](C)N)C(=O)N3CCC[C@H]3C(=O)Nc3sc(-c4nccs4)nc3-c3ccccc3)cc2)cc1. The van der Waals surface area contributed by atoms with E-state index >= 15 is 0 Å². The zero-order valence-electron chi connectivity index (χ0n) is 45.5. The smallest absolute Gasteiger partial charge is 0.250 e. The zero-order chi connectivity index (χ0) is 58.0. The minimum Gasteiger partial charge on any atom is -0.490 e. The third-order valence-corrected chi connectivity index (χ3v) is 17.9. The van der Waals surface area contributed by atoms with Crippen LogP contribution in [0.25, 0.3) is 42.5 Å². The van der Waals surface area contributed by atoms with Crippen LogP contribution in [-0.4, -0.2) is 123 Å². The van der Waals surface area contributed by atoms with E-state index in [0.29, 0.717) is 92.8 Å². The monoisotopic (exact) mass is 1190 g/mol. The highest BCUT2D eigenvalue weighted by Crippen LogP contribution is 2.41. The van der Waals surface area contributed by atoms with E-state index in [-0.39, 0.29) is 25.0 Å². The number of likely N-dealkylation sites (N-methyl/N-ethyl adjacent to an activating group) is 1. The summed E-state index contributed by atoms with van der Waals surface area (Å²) in [7, 11) is 1.65. The molecule has 83 heavy (non-hydrogen) atoms. The molecule has 24 heteroatoms. The molecule has 2 aliphatic rings. The van der Waals surface area contributed by atoms with Gasteiger partial charge in [-0.15, -0.1) is 22.7 Å². The average molecular weight is 1190 g/mol. The van der Waals surface area contributed by atoms with Crippen molar-refractivity contribution < 1.29 is 38.2 Å². The Morgan fingerprint density at radius 1 is 0.590 bits per heavy atom. The molecule has 20 nitrogen and oxygen atoms in total. The molecule has 6 heterocycles. The maximum absolute atomic E-state index is 14.6. The third kappa shape index (κ3) is 13.7. The number of hydrogen-bond acceptors (Lipinski definition) is 18. The molecule has 6 atom stereocenters. The molecule has 2 saturated heterocycles. The number of ether oxygens (including phenoxy) is 2. The lowest BCUT2D eigenvalue weighted by molar-refractivity contribution is -0.140. The summed E-state index contributed by atoms with van der Waals surface area (Å²) in [6, 6.07) is 27.2. The number of nitrogens with zero attached hydrogens (tertiary/aromatic N) is 6. The summed E-state index contributed by atoms with van der Waals surface area (Å²) in [4.78, 5) is 106. The normalized spacial score (nSPS) is 16.3. The topological polar surface area (TPSA) is 265 Å². The number of anilines is 2. The number of benzene rings is 4. The van der Waals surface area contributed by atoms with Gasteiger partial charge in [-0.2, -0.15) is 0 Å². The molecule has 7 N–H and O–H groups in total. The Morgan fingerprint density at radius 2 is 1.01 bits per heavy atom. The molecule has 0 saturated carbocycles. The summed E-state index contributed by atoms with van der Waals surface area (Å²) in [6.07, 6.45) is 5.42. The lowest BCUT2D eigenvalue weighted by atomic mass is 10.0. The van der Waals surface area contributed by atoms with Gasteiger partial charge in [0.2, 0.25) is 35.4 Å². The fraction of sp³-hybridized carbons (Fsp3) is 0.288. The first-order valence-electron chi connectivity index (χ1n) is 27.0. The number of hydrogen-bond donors (Lipinski definition) is 6. The van der Waals surface area contributed by atoms with Gasteiger partial charge in [0.1, 0.15) is 70.3 Å². The fourth-order valence-electron chi connectivity index (χ4n) is 9.64. The van der Waals surface area contributed by atoms with Crippen molar-refractivity contribution in [2.75, 3.05) is 44.0 Å². The van der Waals surface area contributed by atoms with Crippen molar-refractivity contribution in [2.24, 2.45) is 5.73 Å². The van der Waals surface area contributed by atoms with Gasteiger partial charge in [0.25, 0.3) is 0 Å². The first-order chi connectivity index (χ1) is 40.3. The highest BCUT2D eigenvalue weighted by Gasteiger charge is 2.41. The van der Waals surface area contributed by atoms with Crippen molar-refractivity contribution in [3.8, 4) is 54.0 Å².